The topological polar surface area (TPSA) is 66.5 Å². The molecule has 0 amide bonds. The van der Waals surface area contributed by atoms with E-state index >= 15 is 0 Å². The number of hydrogen-bond donors (Lipinski definition) is 2. The third kappa shape index (κ3) is 2.55. The fourth-order valence-corrected chi connectivity index (χ4v) is 3.22. The number of hydrogen-bond acceptors (Lipinski definition) is 5. The lowest BCUT2D eigenvalue weighted by Crippen LogP contribution is -2.03. The summed E-state index contributed by atoms with van der Waals surface area (Å²) in [6.07, 6.45) is 6.76. The normalized spacial score (nSPS) is 11.0. The fraction of sp³-hybridized carbons (Fsp3) is 0.0625. The Labute approximate surface area is 135 Å². The van der Waals surface area contributed by atoms with Crippen molar-refractivity contribution in [3.05, 3.63) is 60.4 Å². The van der Waals surface area contributed by atoms with Crippen LogP contribution in [-0.2, 0) is 6.54 Å². The third-order valence-corrected chi connectivity index (χ3v) is 4.43. The molecule has 0 saturated heterocycles. The molecule has 0 radical (unpaired) electrons. The van der Waals surface area contributed by atoms with Gasteiger partial charge in [0.1, 0.15) is 17.5 Å². The van der Waals surface area contributed by atoms with Crippen molar-refractivity contribution in [2.24, 2.45) is 0 Å². The van der Waals surface area contributed by atoms with Crippen LogP contribution in [0.4, 0.5) is 10.2 Å². The van der Waals surface area contributed by atoms with Gasteiger partial charge in [0, 0.05) is 30.5 Å². The van der Waals surface area contributed by atoms with Gasteiger partial charge in [-0.1, -0.05) is 6.07 Å². The van der Waals surface area contributed by atoms with Gasteiger partial charge in [-0.3, -0.25) is 0 Å². The number of aromatic nitrogens is 4. The number of nitrogens with one attached hydrogen (secondary N) is 2. The summed E-state index contributed by atoms with van der Waals surface area (Å²) in [7, 11) is 0. The molecule has 0 bridgehead atoms. The molecule has 0 fully saturated rings. The molecule has 1 aromatic carbocycles. The standard InChI is InChI=1S/C16H12FN5S/c17-13-4-3-10(14-12(13)9-22-23-14)8-21-16-11(2-1-5-18-16)15-19-6-7-20-15/h1-7,9H,8H2,(H,18,21)(H,19,20). The summed E-state index contributed by atoms with van der Waals surface area (Å²) in [4.78, 5) is 11.7. The first-order valence-corrected chi connectivity index (χ1v) is 7.80. The van der Waals surface area contributed by atoms with Crippen LogP contribution in [0.2, 0.25) is 0 Å². The Morgan fingerprint density at radius 2 is 2.13 bits per heavy atom. The monoisotopic (exact) mass is 325 g/mol. The van der Waals surface area contributed by atoms with E-state index in [1.54, 1.807) is 30.9 Å². The highest BCUT2D eigenvalue weighted by Crippen LogP contribution is 2.27. The number of pyridine rings is 1. The molecule has 0 unspecified atom stereocenters. The molecule has 114 valence electrons. The van der Waals surface area contributed by atoms with E-state index in [-0.39, 0.29) is 5.82 Å². The maximum atomic E-state index is 13.7. The molecule has 23 heavy (non-hydrogen) atoms. The Kier molecular flexibility index (Phi) is 3.47. The molecule has 0 atom stereocenters. The quantitative estimate of drug-likeness (QED) is 0.598. The number of anilines is 1. The number of imidazole rings is 1. The summed E-state index contributed by atoms with van der Waals surface area (Å²) < 4.78 is 18.7. The van der Waals surface area contributed by atoms with Crippen LogP contribution >= 0.6 is 11.5 Å². The van der Waals surface area contributed by atoms with Gasteiger partial charge < -0.3 is 10.3 Å². The summed E-state index contributed by atoms with van der Waals surface area (Å²) in [5, 5.41) is 3.86. The molecule has 7 heteroatoms. The lowest BCUT2D eigenvalue weighted by atomic mass is 10.1. The first-order chi connectivity index (χ1) is 11.3. The number of nitrogens with zero attached hydrogens (tertiary/aromatic N) is 3. The van der Waals surface area contributed by atoms with E-state index in [9.17, 15) is 4.39 Å². The fourth-order valence-electron chi connectivity index (χ4n) is 2.45. The second-order valence-corrected chi connectivity index (χ2v) is 5.77. The molecular formula is C16H12FN5S. The van der Waals surface area contributed by atoms with E-state index in [0.29, 0.717) is 11.9 Å². The molecular weight excluding hydrogens is 313 g/mol. The maximum absolute atomic E-state index is 13.7. The first-order valence-electron chi connectivity index (χ1n) is 7.03. The summed E-state index contributed by atoms with van der Waals surface area (Å²) in [6.45, 7) is 0.531. The summed E-state index contributed by atoms with van der Waals surface area (Å²) in [5.74, 6) is 1.23. The zero-order valence-corrected chi connectivity index (χ0v) is 12.8. The first kappa shape index (κ1) is 13.8. The van der Waals surface area contributed by atoms with Crippen LogP contribution in [0.15, 0.2) is 49.1 Å². The Bertz CT molecular complexity index is 948. The Morgan fingerprint density at radius 3 is 3.00 bits per heavy atom. The van der Waals surface area contributed by atoms with Crippen molar-refractivity contribution >= 4 is 27.4 Å². The van der Waals surface area contributed by atoms with Gasteiger partial charge in [0.15, 0.2) is 0 Å². The number of rotatable bonds is 4. The zero-order chi connectivity index (χ0) is 15.6. The Hall–Kier alpha value is -2.80. The highest BCUT2D eigenvalue weighted by molar-refractivity contribution is 7.13. The average Bonchev–Trinajstić information content (AvgIpc) is 3.27. The smallest absolute Gasteiger partial charge is 0.141 e. The van der Waals surface area contributed by atoms with Crippen molar-refractivity contribution in [1.82, 2.24) is 19.3 Å². The van der Waals surface area contributed by atoms with Crippen molar-refractivity contribution in [1.29, 1.82) is 0 Å². The molecule has 0 saturated carbocycles. The summed E-state index contributed by atoms with van der Waals surface area (Å²) in [5.41, 5.74) is 1.88. The minimum atomic E-state index is -0.244. The molecule has 5 nitrogen and oxygen atoms in total. The molecule has 0 aliphatic carbocycles. The molecule has 0 aliphatic rings. The molecule has 0 spiro atoms. The zero-order valence-electron chi connectivity index (χ0n) is 12.0. The van der Waals surface area contributed by atoms with Gasteiger partial charge >= 0.3 is 0 Å². The van der Waals surface area contributed by atoms with Crippen molar-refractivity contribution in [2.75, 3.05) is 5.32 Å². The van der Waals surface area contributed by atoms with E-state index < -0.39 is 0 Å². The Balaban J connectivity index is 1.65. The number of halogens is 1. The van der Waals surface area contributed by atoms with Crippen LogP contribution in [0, 0.1) is 5.82 Å². The maximum Gasteiger partial charge on any atom is 0.141 e. The van der Waals surface area contributed by atoms with Gasteiger partial charge in [-0.05, 0) is 35.3 Å². The van der Waals surface area contributed by atoms with Gasteiger partial charge in [0.2, 0.25) is 0 Å². The van der Waals surface area contributed by atoms with Gasteiger partial charge in [0.25, 0.3) is 0 Å². The number of benzene rings is 1. The third-order valence-electron chi connectivity index (χ3n) is 3.56. The summed E-state index contributed by atoms with van der Waals surface area (Å²) >= 11 is 1.30. The van der Waals surface area contributed by atoms with Crippen LogP contribution < -0.4 is 5.32 Å². The average molecular weight is 325 g/mol. The number of aromatic amines is 1. The predicted molar refractivity (Wildman–Crippen MR) is 88.7 cm³/mol. The van der Waals surface area contributed by atoms with Crippen molar-refractivity contribution in [3.8, 4) is 11.4 Å². The van der Waals surface area contributed by atoms with Crippen LogP contribution in [0.5, 0.6) is 0 Å². The van der Waals surface area contributed by atoms with Crippen LogP contribution in [0.1, 0.15) is 5.56 Å². The highest BCUT2D eigenvalue weighted by atomic mass is 32.1. The number of H-pyrrole nitrogens is 1. The lowest BCUT2D eigenvalue weighted by Gasteiger charge is -2.10. The highest BCUT2D eigenvalue weighted by Gasteiger charge is 2.11. The second-order valence-electron chi connectivity index (χ2n) is 4.97. The largest absolute Gasteiger partial charge is 0.365 e. The van der Waals surface area contributed by atoms with E-state index in [1.807, 2.05) is 12.1 Å². The van der Waals surface area contributed by atoms with Crippen molar-refractivity contribution in [3.63, 3.8) is 0 Å². The molecule has 0 aliphatic heterocycles. The van der Waals surface area contributed by atoms with E-state index in [0.717, 1.165) is 27.5 Å². The second kappa shape index (κ2) is 5.77. The van der Waals surface area contributed by atoms with E-state index in [1.165, 1.54) is 17.6 Å². The molecule has 4 aromatic rings. The van der Waals surface area contributed by atoms with Gasteiger partial charge in [-0.25, -0.2) is 14.4 Å². The SMILES string of the molecule is Fc1ccc(CNc2ncccc2-c2ncc[nH]2)c2sncc12. The summed E-state index contributed by atoms with van der Waals surface area (Å²) in [6, 6.07) is 7.06. The van der Waals surface area contributed by atoms with E-state index in [2.05, 4.69) is 24.6 Å². The molecule has 3 aromatic heterocycles. The molecule has 2 N–H and O–H groups in total. The predicted octanol–water partition coefficient (Wildman–Crippen LogP) is 3.83. The Morgan fingerprint density at radius 1 is 1.17 bits per heavy atom. The lowest BCUT2D eigenvalue weighted by molar-refractivity contribution is 0.639. The minimum Gasteiger partial charge on any atom is -0.365 e. The van der Waals surface area contributed by atoms with Crippen molar-refractivity contribution in [2.45, 2.75) is 6.54 Å². The molecule has 4 rings (SSSR count). The van der Waals surface area contributed by atoms with E-state index in [4.69, 9.17) is 0 Å². The van der Waals surface area contributed by atoms with Crippen LogP contribution in [-0.4, -0.2) is 19.3 Å². The number of fused-ring (bicyclic) bond motifs is 1. The van der Waals surface area contributed by atoms with Crippen LogP contribution in [0.25, 0.3) is 21.5 Å². The van der Waals surface area contributed by atoms with Gasteiger partial charge in [-0.15, -0.1) is 0 Å². The molecule has 3 heterocycles. The minimum absolute atomic E-state index is 0.244. The van der Waals surface area contributed by atoms with Gasteiger partial charge in [-0.2, -0.15) is 4.37 Å². The van der Waals surface area contributed by atoms with Crippen molar-refractivity contribution < 1.29 is 4.39 Å². The van der Waals surface area contributed by atoms with Crippen LogP contribution in [0.3, 0.4) is 0 Å². The van der Waals surface area contributed by atoms with Gasteiger partial charge in [0.05, 0.1) is 16.5 Å².